The van der Waals surface area contributed by atoms with Crippen LogP contribution in [0.5, 0.6) is 0 Å². The standard InChI is InChI=1S/C19H23FN2O2/c20-17-3-1-2-13(7-17)11-21-24-12-18(23)22-19-8-14-4-15(9-19)6-16(5-14)10-19/h1-3,7,11,14-16H,4-6,8-10,12H2,(H,22,23)/b21-11-. The third-order valence-electron chi connectivity index (χ3n) is 5.76. The van der Waals surface area contributed by atoms with Gasteiger partial charge < -0.3 is 10.2 Å². The number of nitrogens with zero attached hydrogens (tertiary/aromatic N) is 1. The molecule has 1 aromatic carbocycles. The fourth-order valence-electron chi connectivity index (χ4n) is 5.38. The Morgan fingerprint density at radius 1 is 1.25 bits per heavy atom. The molecule has 5 heteroatoms. The molecule has 4 saturated carbocycles. The number of hydrogen-bond acceptors (Lipinski definition) is 3. The SMILES string of the molecule is O=C(CO/N=C\c1cccc(F)c1)NC12CC3CC(CC(C3)C1)C2. The average molecular weight is 330 g/mol. The Hall–Kier alpha value is -1.91. The average Bonchev–Trinajstić information content (AvgIpc) is 2.50. The maximum atomic E-state index is 13.1. The normalized spacial score (nSPS) is 33.8. The molecule has 0 saturated heterocycles. The molecule has 0 atom stereocenters. The molecule has 0 unspecified atom stereocenters. The third kappa shape index (κ3) is 3.30. The molecule has 4 aliphatic rings. The van der Waals surface area contributed by atoms with Crippen molar-refractivity contribution in [2.45, 2.75) is 44.1 Å². The van der Waals surface area contributed by atoms with Gasteiger partial charge in [-0.3, -0.25) is 4.79 Å². The molecule has 128 valence electrons. The Kier molecular flexibility index (Phi) is 4.02. The smallest absolute Gasteiger partial charge is 0.261 e. The zero-order chi connectivity index (χ0) is 16.6. The maximum absolute atomic E-state index is 13.1. The highest BCUT2D eigenvalue weighted by Crippen LogP contribution is 2.55. The first-order chi connectivity index (χ1) is 11.6. The molecule has 4 nitrogen and oxygen atoms in total. The van der Waals surface area contributed by atoms with Gasteiger partial charge in [-0.25, -0.2) is 4.39 Å². The minimum absolute atomic E-state index is 0.00145. The second kappa shape index (κ2) is 6.19. The second-order valence-corrected chi connectivity index (χ2v) is 7.81. The molecule has 5 rings (SSSR count). The van der Waals surface area contributed by atoms with E-state index >= 15 is 0 Å². The van der Waals surface area contributed by atoms with Gasteiger partial charge in [-0.05, 0) is 74.0 Å². The molecule has 24 heavy (non-hydrogen) atoms. The Balaban J connectivity index is 1.28. The molecule has 0 spiro atoms. The lowest BCUT2D eigenvalue weighted by atomic mass is 9.53. The van der Waals surface area contributed by atoms with Crippen LogP contribution in [0.3, 0.4) is 0 Å². The van der Waals surface area contributed by atoms with E-state index in [-0.39, 0.29) is 23.9 Å². The summed E-state index contributed by atoms with van der Waals surface area (Å²) >= 11 is 0. The molecule has 4 fully saturated rings. The van der Waals surface area contributed by atoms with E-state index in [4.69, 9.17) is 4.84 Å². The van der Waals surface area contributed by atoms with Crippen molar-refractivity contribution >= 4 is 12.1 Å². The molecular weight excluding hydrogens is 307 g/mol. The van der Waals surface area contributed by atoms with Crippen molar-refractivity contribution in [2.24, 2.45) is 22.9 Å². The van der Waals surface area contributed by atoms with Gasteiger partial charge in [0, 0.05) is 5.54 Å². The van der Waals surface area contributed by atoms with Crippen LogP contribution in [0.25, 0.3) is 0 Å². The first-order valence-electron chi connectivity index (χ1n) is 8.82. The van der Waals surface area contributed by atoms with E-state index in [1.807, 2.05) is 0 Å². The Bertz CT molecular complexity index is 623. The topological polar surface area (TPSA) is 50.7 Å². The van der Waals surface area contributed by atoms with Crippen molar-refractivity contribution < 1.29 is 14.0 Å². The molecule has 0 heterocycles. The second-order valence-electron chi connectivity index (χ2n) is 7.81. The van der Waals surface area contributed by atoms with E-state index in [0.717, 1.165) is 37.0 Å². The van der Waals surface area contributed by atoms with Gasteiger partial charge in [0.15, 0.2) is 6.61 Å². The number of oxime groups is 1. The van der Waals surface area contributed by atoms with E-state index in [2.05, 4.69) is 10.5 Å². The van der Waals surface area contributed by atoms with Crippen molar-refractivity contribution in [3.05, 3.63) is 35.6 Å². The Morgan fingerprint density at radius 3 is 2.54 bits per heavy atom. The van der Waals surface area contributed by atoms with E-state index in [1.165, 1.54) is 37.6 Å². The minimum atomic E-state index is -0.321. The van der Waals surface area contributed by atoms with Crippen LogP contribution in [0.4, 0.5) is 4.39 Å². The number of halogens is 1. The Morgan fingerprint density at radius 2 is 1.92 bits per heavy atom. The van der Waals surface area contributed by atoms with Crippen LogP contribution in [0.1, 0.15) is 44.1 Å². The van der Waals surface area contributed by atoms with E-state index in [9.17, 15) is 9.18 Å². The van der Waals surface area contributed by atoms with Gasteiger partial charge in [0.05, 0.1) is 6.21 Å². The first kappa shape index (κ1) is 15.6. The van der Waals surface area contributed by atoms with E-state index < -0.39 is 0 Å². The molecule has 4 aliphatic carbocycles. The lowest BCUT2D eigenvalue weighted by molar-refractivity contribution is -0.131. The summed E-state index contributed by atoms with van der Waals surface area (Å²) < 4.78 is 13.1. The Labute approximate surface area is 141 Å². The molecule has 0 aromatic heterocycles. The summed E-state index contributed by atoms with van der Waals surface area (Å²) in [6, 6.07) is 6.07. The quantitative estimate of drug-likeness (QED) is 0.665. The van der Waals surface area contributed by atoms with Crippen molar-refractivity contribution in [3.8, 4) is 0 Å². The maximum Gasteiger partial charge on any atom is 0.261 e. The largest absolute Gasteiger partial charge is 0.386 e. The van der Waals surface area contributed by atoms with Crippen LogP contribution in [0.15, 0.2) is 29.4 Å². The number of hydrogen-bond donors (Lipinski definition) is 1. The van der Waals surface area contributed by atoms with Crippen molar-refractivity contribution in [1.82, 2.24) is 5.32 Å². The third-order valence-corrected chi connectivity index (χ3v) is 5.76. The van der Waals surface area contributed by atoms with Gasteiger partial charge in [-0.15, -0.1) is 0 Å². The predicted molar refractivity (Wildman–Crippen MR) is 89.0 cm³/mol. The van der Waals surface area contributed by atoms with Gasteiger partial charge >= 0.3 is 0 Å². The molecular formula is C19H23FN2O2. The van der Waals surface area contributed by atoms with Crippen LogP contribution >= 0.6 is 0 Å². The highest BCUT2D eigenvalue weighted by atomic mass is 19.1. The lowest BCUT2D eigenvalue weighted by Gasteiger charge is -2.56. The van der Waals surface area contributed by atoms with Crippen LogP contribution in [-0.2, 0) is 9.63 Å². The van der Waals surface area contributed by atoms with Crippen LogP contribution in [-0.4, -0.2) is 24.3 Å². The zero-order valence-corrected chi connectivity index (χ0v) is 13.7. The van der Waals surface area contributed by atoms with Gasteiger partial charge in [0.25, 0.3) is 5.91 Å². The van der Waals surface area contributed by atoms with E-state index in [0.29, 0.717) is 5.56 Å². The number of nitrogens with one attached hydrogen (secondary N) is 1. The van der Waals surface area contributed by atoms with Crippen LogP contribution < -0.4 is 5.32 Å². The van der Waals surface area contributed by atoms with Crippen LogP contribution in [0.2, 0.25) is 0 Å². The van der Waals surface area contributed by atoms with Gasteiger partial charge in [0.2, 0.25) is 0 Å². The van der Waals surface area contributed by atoms with Crippen molar-refractivity contribution in [2.75, 3.05) is 6.61 Å². The summed E-state index contributed by atoms with van der Waals surface area (Å²) in [7, 11) is 0. The molecule has 0 aliphatic heterocycles. The molecule has 1 N–H and O–H groups in total. The summed E-state index contributed by atoms with van der Waals surface area (Å²) in [6.45, 7) is -0.0897. The summed E-state index contributed by atoms with van der Waals surface area (Å²) in [5.74, 6) is 1.96. The monoisotopic (exact) mass is 330 g/mol. The van der Waals surface area contributed by atoms with Gasteiger partial charge in [-0.1, -0.05) is 17.3 Å². The first-order valence-corrected chi connectivity index (χ1v) is 8.82. The summed E-state index contributed by atoms with van der Waals surface area (Å²) in [4.78, 5) is 17.3. The van der Waals surface area contributed by atoms with Gasteiger partial charge in [0.1, 0.15) is 5.82 Å². The highest BCUT2D eigenvalue weighted by molar-refractivity contribution is 5.80. The van der Waals surface area contributed by atoms with E-state index in [1.54, 1.807) is 12.1 Å². The van der Waals surface area contributed by atoms with Crippen LogP contribution in [0, 0.1) is 23.6 Å². The number of benzene rings is 1. The highest BCUT2D eigenvalue weighted by Gasteiger charge is 2.51. The van der Waals surface area contributed by atoms with Gasteiger partial charge in [-0.2, -0.15) is 0 Å². The molecule has 0 radical (unpaired) electrons. The van der Waals surface area contributed by atoms with Crippen molar-refractivity contribution in [3.63, 3.8) is 0 Å². The predicted octanol–water partition coefficient (Wildman–Crippen LogP) is 3.26. The molecule has 1 aromatic rings. The number of carbonyl (C=O) groups is 1. The lowest BCUT2D eigenvalue weighted by Crippen LogP contribution is -2.60. The summed E-state index contributed by atoms with van der Waals surface area (Å²) in [6.07, 6.45) is 8.84. The minimum Gasteiger partial charge on any atom is -0.386 e. The number of rotatable bonds is 5. The molecule has 1 amide bonds. The fraction of sp³-hybridized carbons (Fsp3) is 0.579. The van der Waals surface area contributed by atoms with Crippen molar-refractivity contribution in [1.29, 1.82) is 0 Å². The number of carbonyl (C=O) groups excluding carboxylic acids is 1. The summed E-state index contributed by atoms with van der Waals surface area (Å²) in [5.41, 5.74) is 0.609. The number of amides is 1. The summed E-state index contributed by atoms with van der Waals surface area (Å²) in [5, 5.41) is 7.00. The zero-order valence-electron chi connectivity index (χ0n) is 13.7. The molecule has 4 bridgehead atoms. The fourth-order valence-corrected chi connectivity index (χ4v) is 5.38.